The molecule has 134 valence electrons. The maximum atomic E-state index is 2.39. The average molecular weight is 366 g/mol. The summed E-state index contributed by atoms with van der Waals surface area (Å²) < 4.78 is 0. The van der Waals surface area contributed by atoms with Crippen molar-refractivity contribution in [1.29, 1.82) is 0 Å². The summed E-state index contributed by atoms with van der Waals surface area (Å²) in [6.45, 7) is 0. The third kappa shape index (κ3) is 1.98. The Morgan fingerprint density at radius 2 is 1.03 bits per heavy atom. The number of hydrogen-bond donors (Lipinski definition) is 0. The molecule has 0 radical (unpaired) electrons. The van der Waals surface area contributed by atoms with E-state index in [2.05, 4.69) is 97.1 Å². The maximum Gasteiger partial charge on any atom is -0.000682 e. The van der Waals surface area contributed by atoms with E-state index in [1.54, 1.807) is 0 Å². The molecule has 1 aliphatic carbocycles. The van der Waals surface area contributed by atoms with Crippen LogP contribution in [0.3, 0.4) is 0 Å². The molecule has 0 N–H and O–H groups in total. The van der Waals surface area contributed by atoms with Crippen LogP contribution >= 0.6 is 0 Å². The van der Waals surface area contributed by atoms with Crippen LogP contribution in [-0.4, -0.2) is 0 Å². The van der Waals surface area contributed by atoms with Crippen molar-refractivity contribution in [2.75, 3.05) is 0 Å². The largest absolute Gasteiger partial charge is 0.0616 e. The Balaban J connectivity index is 1.71. The molecule has 0 saturated carbocycles. The Labute approximate surface area is 169 Å². The van der Waals surface area contributed by atoms with E-state index in [1.807, 2.05) is 0 Å². The number of rotatable bonds is 0. The molecular formula is C29H18. The van der Waals surface area contributed by atoms with Gasteiger partial charge in [0, 0.05) is 0 Å². The van der Waals surface area contributed by atoms with Crippen molar-refractivity contribution in [3.63, 3.8) is 0 Å². The van der Waals surface area contributed by atoms with Gasteiger partial charge >= 0.3 is 0 Å². The lowest BCUT2D eigenvalue weighted by atomic mass is 9.89. The van der Waals surface area contributed by atoms with E-state index in [9.17, 15) is 0 Å². The highest BCUT2D eigenvalue weighted by molar-refractivity contribution is 6.20. The highest BCUT2D eigenvalue weighted by atomic mass is 14.3. The minimum absolute atomic E-state index is 1.01. The molecule has 6 aromatic rings. The summed E-state index contributed by atoms with van der Waals surface area (Å²) in [4.78, 5) is 0. The molecule has 0 fully saturated rings. The highest BCUT2D eigenvalue weighted by Crippen LogP contribution is 2.48. The van der Waals surface area contributed by atoms with Crippen LogP contribution in [0.25, 0.3) is 54.2 Å². The number of benzene rings is 6. The van der Waals surface area contributed by atoms with Gasteiger partial charge in [-0.3, -0.25) is 0 Å². The Morgan fingerprint density at radius 3 is 1.83 bits per heavy atom. The van der Waals surface area contributed by atoms with Crippen LogP contribution in [0, 0.1) is 0 Å². The van der Waals surface area contributed by atoms with Gasteiger partial charge in [-0.05, 0) is 83.9 Å². The average Bonchev–Trinajstić information content (AvgIpc) is 3.18. The van der Waals surface area contributed by atoms with Gasteiger partial charge in [0.2, 0.25) is 0 Å². The van der Waals surface area contributed by atoms with Crippen molar-refractivity contribution in [2.45, 2.75) is 6.42 Å². The summed E-state index contributed by atoms with van der Waals surface area (Å²) in [6.07, 6.45) is 1.01. The monoisotopic (exact) mass is 366 g/mol. The predicted molar refractivity (Wildman–Crippen MR) is 125 cm³/mol. The van der Waals surface area contributed by atoms with Crippen LogP contribution in [0.5, 0.6) is 0 Å². The minimum atomic E-state index is 1.01. The fraction of sp³-hybridized carbons (Fsp3) is 0.0345. The summed E-state index contributed by atoms with van der Waals surface area (Å²) in [5, 5.41) is 10.8. The van der Waals surface area contributed by atoms with Gasteiger partial charge in [0.05, 0.1) is 0 Å². The number of hydrogen-bond acceptors (Lipinski definition) is 0. The number of fused-ring (bicyclic) bond motifs is 11. The SMILES string of the molecule is c1ccc2cc3c4c(ccc3cc2c1)Cc1c-4c2ccccc2c2ccccc12. The molecule has 0 saturated heterocycles. The summed E-state index contributed by atoms with van der Waals surface area (Å²) in [5.41, 5.74) is 5.81. The molecule has 0 unspecified atom stereocenters. The fourth-order valence-corrected chi connectivity index (χ4v) is 5.38. The zero-order valence-electron chi connectivity index (χ0n) is 15.9. The van der Waals surface area contributed by atoms with E-state index in [1.165, 1.54) is 65.3 Å². The van der Waals surface area contributed by atoms with Gasteiger partial charge in [-0.15, -0.1) is 0 Å². The molecule has 0 atom stereocenters. The van der Waals surface area contributed by atoms with Crippen molar-refractivity contribution in [2.24, 2.45) is 0 Å². The van der Waals surface area contributed by atoms with Gasteiger partial charge in [0.25, 0.3) is 0 Å². The van der Waals surface area contributed by atoms with E-state index >= 15 is 0 Å². The zero-order valence-corrected chi connectivity index (χ0v) is 15.9. The normalized spacial score (nSPS) is 12.7. The lowest BCUT2D eigenvalue weighted by Crippen LogP contribution is -1.88. The molecule has 7 rings (SSSR count). The molecule has 6 aromatic carbocycles. The van der Waals surface area contributed by atoms with E-state index in [0.29, 0.717) is 0 Å². The van der Waals surface area contributed by atoms with Gasteiger partial charge in [-0.1, -0.05) is 84.9 Å². The van der Waals surface area contributed by atoms with E-state index in [0.717, 1.165) is 6.42 Å². The first-order valence-corrected chi connectivity index (χ1v) is 10.3. The first-order chi connectivity index (χ1) is 14.4. The summed E-state index contributed by atoms with van der Waals surface area (Å²) in [5.74, 6) is 0. The predicted octanol–water partition coefficient (Wildman–Crippen LogP) is 7.87. The second-order valence-electron chi connectivity index (χ2n) is 8.14. The van der Waals surface area contributed by atoms with Gasteiger partial charge in [-0.25, -0.2) is 0 Å². The smallest absolute Gasteiger partial charge is 0.000682 e. The van der Waals surface area contributed by atoms with E-state index in [4.69, 9.17) is 0 Å². The Kier molecular flexibility index (Phi) is 2.88. The van der Waals surface area contributed by atoms with Crippen LogP contribution in [0.15, 0.2) is 97.1 Å². The summed E-state index contributed by atoms with van der Waals surface area (Å²) in [7, 11) is 0. The lowest BCUT2D eigenvalue weighted by molar-refractivity contribution is 1.29. The molecule has 0 heterocycles. The molecule has 1 aliphatic rings. The molecule has 0 bridgehead atoms. The minimum Gasteiger partial charge on any atom is -0.0616 e. The van der Waals surface area contributed by atoms with Crippen molar-refractivity contribution in [3.05, 3.63) is 108 Å². The quantitative estimate of drug-likeness (QED) is 0.189. The van der Waals surface area contributed by atoms with Gasteiger partial charge in [0.1, 0.15) is 0 Å². The van der Waals surface area contributed by atoms with Crippen molar-refractivity contribution in [1.82, 2.24) is 0 Å². The third-order valence-corrected chi connectivity index (χ3v) is 6.63. The summed E-state index contributed by atoms with van der Waals surface area (Å²) in [6, 6.07) is 35.9. The Morgan fingerprint density at radius 1 is 0.414 bits per heavy atom. The molecule has 0 spiro atoms. The van der Waals surface area contributed by atoms with Crippen molar-refractivity contribution >= 4 is 43.1 Å². The molecule has 0 aromatic heterocycles. The van der Waals surface area contributed by atoms with Gasteiger partial charge in [-0.2, -0.15) is 0 Å². The second-order valence-corrected chi connectivity index (χ2v) is 8.14. The fourth-order valence-electron chi connectivity index (χ4n) is 5.38. The Bertz CT molecular complexity index is 1620. The van der Waals surface area contributed by atoms with Gasteiger partial charge < -0.3 is 0 Å². The first kappa shape index (κ1) is 15.3. The van der Waals surface area contributed by atoms with Gasteiger partial charge in [0.15, 0.2) is 0 Å². The second kappa shape index (κ2) is 5.46. The van der Waals surface area contributed by atoms with Crippen LogP contribution in [0.1, 0.15) is 11.1 Å². The standard InChI is InChI=1S/C29H18/c1-2-8-19-16-26-20(15-18(19)7-1)13-14-21-17-27-24-11-4-3-9-22(24)23-10-5-6-12-25(23)29(27)28(21)26/h1-16H,17H2. The molecular weight excluding hydrogens is 348 g/mol. The summed E-state index contributed by atoms with van der Waals surface area (Å²) >= 11 is 0. The zero-order chi connectivity index (χ0) is 18.9. The topological polar surface area (TPSA) is 0 Å². The molecule has 0 heteroatoms. The van der Waals surface area contributed by atoms with Crippen LogP contribution in [-0.2, 0) is 6.42 Å². The molecule has 29 heavy (non-hydrogen) atoms. The van der Waals surface area contributed by atoms with Crippen molar-refractivity contribution < 1.29 is 0 Å². The molecule has 0 nitrogen and oxygen atoms in total. The van der Waals surface area contributed by atoms with Crippen molar-refractivity contribution in [3.8, 4) is 11.1 Å². The third-order valence-electron chi connectivity index (χ3n) is 6.63. The van der Waals surface area contributed by atoms with Crippen LogP contribution < -0.4 is 0 Å². The first-order valence-electron chi connectivity index (χ1n) is 10.3. The Hall–Kier alpha value is -3.64. The van der Waals surface area contributed by atoms with Crippen LogP contribution in [0.2, 0.25) is 0 Å². The molecule has 0 amide bonds. The maximum absolute atomic E-state index is 2.39. The van der Waals surface area contributed by atoms with E-state index < -0.39 is 0 Å². The van der Waals surface area contributed by atoms with E-state index in [-0.39, 0.29) is 0 Å². The molecule has 0 aliphatic heterocycles. The lowest BCUT2D eigenvalue weighted by Gasteiger charge is -2.14. The van der Waals surface area contributed by atoms with Crippen LogP contribution in [0.4, 0.5) is 0 Å². The highest BCUT2D eigenvalue weighted by Gasteiger charge is 2.25.